The molecule has 0 saturated heterocycles. The fourth-order valence-corrected chi connectivity index (χ4v) is 4.04. The van der Waals surface area contributed by atoms with Crippen molar-refractivity contribution in [1.29, 1.82) is 0 Å². The SMILES string of the molecule is Cc1nc(Sc2ccc3ccccc3c2)c2oc3ccccc3c2n1. The fourth-order valence-electron chi connectivity index (χ4n) is 3.08. The Labute approximate surface area is 148 Å². The molecule has 4 heteroatoms. The smallest absolute Gasteiger partial charge is 0.186 e. The van der Waals surface area contributed by atoms with Crippen molar-refractivity contribution in [2.45, 2.75) is 16.8 Å². The summed E-state index contributed by atoms with van der Waals surface area (Å²) in [5.74, 6) is 0.752. The van der Waals surface area contributed by atoms with Gasteiger partial charge in [0.1, 0.15) is 22.0 Å². The van der Waals surface area contributed by atoms with E-state index in [-0.39, 0.29) is 0 Å². The Bertz CT molecular complexity index is 1240. The van der Waals surface area contributed by atoms with Crippen LogP contribution in [-0.4, -0.2) is 9.97 Å². The van der Waals surface area contributed by atoms with Gasteiger partial charge in [-0.2, -0.15) is 0 Å². The monoisotopic (exact) mass is 342 g/mol. The molecule has 0 N–H and O–H groups in total. The van der Waals surface area contributed by atoms with Crippen LogP contribution in [0.4, 0.5) is 0 Å². The molecule has 120 valence electrons. The van der Waals surface area contributed by atoms with E-state index in [4.69, 9.17) is 4.42 Å². The molecule has 3 aromatic carbocycles. The number of aryl methyl sites for hydroxylation is 1. The second-order valence-corrected chi connectivity index (χ2v) is 7.03. The lowest BCUT2D eigenvalue weighted by Gasteiger charge is -2.04. The number of nitrogens with zero attached hydrogens (tertiary/aromatic N) is 2. The van der Waals surface area contributed by atoms with E-state index in [1.165, 1.54) is 10.8 Å². The van der Waals surface area contributed by atoms with E-state index in [0.29, 0.717) is 0 Å². The number of rotatable bonds is 2. The van der Waals surface area contributed by atoms with Gasteiger partial charge in [-0.15, -0.1) is 0 Å². The van der Waals surface area contributed by atoms with Crippen LogP contribution in [0.2, 0.25) is 0 Å². The van der Waals surface area contributed by atoms with E-state index in [9.17, 15) is 0 Å². The first-order valence-electron chi connectivity index (χ1n) is 8.10. The second kappa shape index (κ2) is 5.60. The van der Waals surface area contributed by atoms with Crippen LogP contribution in [0.1, 0.15) is 5.82 Å². The highest BCUT2D eigenvalue weighted by atomic mass is 32.2. The van der Waals surface area contributed by atoms with Crippen LogP contribution in [0.25, 0.3) is 32.8 Å². The van der Waals surface area contributed by atoms with Crippen molar-refractivity contribution in [2.75, 3.05) is 0 Å². The molecule has 0 aliphatic heterocycles. The molecule has 0 saturated carbocycles. The Morgan fingerprint density at radius 3 is 2.56 bits per heavy atom. The van der Waals surface area contributed by atoms with Crippen LogP contribution >= 0.6 is 11.8 Å². The molecule has 0 aliphatic carbocycles. The molecule has 0 radical (unpaired) electrons. The normalized spacial score (nSPS) is 11.6. The molecule has 0 bridgehead atoms. The van der Waals surface area contributed by atoms with Crippen molar-refractivity contribution >= 4 is 44.6 Å². The predicted molar refractivity (Wildman–Crippen MR) is 102 cm³/mol. The topological polar surface area (TPSA) is 38.9 Å². The Morgan fingerprint density at radius 1 is 0.840 bits per heavy atom. The quantitative estimate of drug-likeness (QED) is 0.369. The van der Waals surface area contributed by atoms with E-state index in [1.54, 1.807) is 11.8 Å². The van der Waals surface area contributed by atoms with Crippen LogP contribution in [0, 0.1) is 6.92 Å². The molecule has 2 aromatic heterocycles. The lowest BCUT2D eigenvalue weighted by molar-refractivity contribution is 0.652. The predicted octanol–water partition coefficient (Wildman–Crippen LogP) is 5.99. The molecular weight excluding hydrogens is 328 g/mol. The molecule has 0 amide bonds. The van der Waals surface area contributed by atoms with Crippen LogP contribution in [-0.2, 0) is 0 Å². The standard InChI is InChI=1S/C21H14N2OS/c1-13-22-19-17-8-4-5-9-18(17)24-20(19)21(23-13)25-16-11-10-14-6-2-3-7-15(14)12-16/h2-12H,1H3. The van der Waals surface area contributed by atoms with Crippen molar-refractivity contribution < 1.29 is 4.42 Å². The van der Waals surface area contributed by atoms with Crippen molar-refractivity contribution in [2.24, 2.45) is 0 Å². The van der Waals surface area contributed by atoms with Gasteiger partial charge in [-0.25, -0.2) is 9.97 Å². The Balaban J connectivity index is 1.68. The first kappa shape index (κ1) is 14.5. The van der Waals surface area contributed by atoms with Gasteiger partial charge in [-0.05, 0) is 42.0 Å². The summed E-state index contributed by atoms with van der Waals surface area (Å²) in [6.45, 7) is 1.92. The number of hydrogen-bond donors (Lipinski definition) is 0. The average molecular weight is 342 g/mol. The van der Waals surface area contributed by atoms with E-state index in [2.05, 4.69) is 52.4 Å². The summed E-state index contributed by atoms with van der Waals surface area (Å²) in [5.41, 5.74) is 2.48. The number of para-hydroxylation sites is 1. The van der Waals surface area contributed by atoms with Gasteiger partial charge < -0.3 is 4.42 Å². The minimum atomic E-state index is 0.752. The largest absolute Gasteiger partial charge is 0.451 e. The lowest BCUT2D eigenvalue weighted by Crippen LogP contribution is -1.90. The number of hydrogen-bond acceptors (Lipinski definition) is 4. The highest BCUT2D eigenvalue weighted by Gasteiger charge is 2.15. The van der Waals surface area contributed by atoms with Gasteiger partial charge in [0.2, 0.25) is 0 Å². The molecule has 0 fully saturated rings. The molecule has 25 heavy (non-hydrogen) atoms. The zero-order chi connectivity index (χ0) is 16.8. The maximum absolute atomic E-state index is 6.05. The maximum atomic E-state index is 6.05. The lowest BCUT2D eigenvalue weighted by atomic mass is 10.1. The summed E-state index contributed by atoms with van der Waals surface area (Å²) in [7, 11) is 0. The Hall–Kier alpha value is -2.85. The summed E-state index contributed by atoms with van der Waals surface area (Å²) in [6.07, 6.45) is 0. The van der Waals surface area contributed by atoms with Gasteiger partial charge >= 0.3 is 0 Å². The molecular formula is C21H14N2OS. The van der Waals surface area contributed by atoms with Gasteiger partial charge in [0, 0.05) is 10.3 Å². The van der Waals surface area contributed by atoms with Gasteiger partial charge in [0.05, 0.1) is 0 Å². The summed E-state index contributed by atoms with van der Waals surface area (Å²) in [5, 5.41) is 4.34. The van der Waals surface area contributed by atoms with E-state index in [0.717, 1.165) is 37.8 Å². The van der Waals surface area contributed by atoms with Crippen LogP contribution in [0.15, 0.2) is 81.1 Å². The molecule has 0 atom stereocenters. The first-order chi connectivity index (χ1) is 12.3. The summed E-state index contributed by atoms with van der Waals surface area (Å²) in [6, 6.07) is 22.8. The molecule has 0 spiro atoms. The number of benzene rings is 3. The van der Waals surface area contributed by atoms with E-state index < -0.39 is 0 Å². The van der Waals surface area contributed by atoms with E-state index >= 15 is 0 Å². The van der Waals surface area contributed by atoms with Crippen molar-refractivity contribution in [3.8, 4) is 0 Å². The summed E-state index contributed by atoms with van der Waals surface area (Å²) < 4.78 is 6.05. The molecule has 2 heterocycles. The second-order valence-electron chi connectivity index (χ2n) is 5.96. The minimum Gasteiger partial charge on any atom is -0.451 e. The summed E-state index contributed by atoms with van der Waals surface area (Å²) in [4.78, 5) is 10.4. The van der Waals surface area contributed by atoms with Crippen LogP contribution in [0.5, 0.6) is 0 Å². The fraction of sp³-hybridized carbons (Fsp3) is 0.0476. The highest BCUT2D eigenvalue weighted by Crippen LogP contribution is 2.37. The molecule has 0 aliphatic rings. The van der Waals surface area contributed by atoms with E-state index in [1.807, 2.05) is 31.2 Å². The van der Waals surface area contributed by atoms with Crippen molar-refractivity contribution in [3.63, 3.8) is 0 Å². The van der Waals surface area contributed by atoms with Gasteiger partial charge in [0.25, 0.3) is 0 Å². The molecule has 3 nitrogen and oxygen atoms in total. The Morgan fingerprint density at radius 2 is 1.64 bits per heavy atom. The molecule has 0 unspecified atom stereocenters. The van der Waals surface area contributed by atoms with Crippen LogP contribution < -0.4 is 0 Å². The summed E-state index contributed by atoms with van der Waals surface area (Å²) >= 11 is 1.62. The molecule has 5 rings (SSSR count). The maximum Gasteiger partial charge on any atom is 0.186 e. The van der Waals surface area contributed by atoms with Crippen molar-refractivity contribution in [3.05, 3.63) is 72.6 Å². The third-order valence-electron chi connectivity index (χ3n) is 4.24. The van der Waals surface area contributed by atoms with Gasteiger partial charge in [-0.3, -0.25) is 0 Å². The van der Waals surface area contributed by atoms with Crippen molar-refractivity contribution in [1.82, 2.24) is 9.97 Å². The highest BCUT2D eigenvalue weighted by molar-refractivity contribution is 7.99. The third-order valence-corrected chi connectivity index (χ3v) is 5.20. The zero-order valence-electron chi connectivity index (χ0n) is 13.6. The average Bonchev–Trinajstić information content (AvgIpc) is 3.01. The Kier molecular flexibility index (Phi) is 3.25. The van der Waals surface area contributed by atoms with Gasteiger partial charge in [-0.1, -0.05) is 54.2 Å². The number of furan rings is 1. The number of aromatic nitrogens is 2. The minimum absolute atomic E-state index is 0.752. The third kappa shape index (κ3) is 2.46. The number of fused-ring (bicyclic) bond motifs is 4. The zero-order valence-corrected chi connectivity index (χ0v) is 14.4. The molecule has 5 aromatic rings. The van der Waals surface area contributed by atoms with Crippen LogP contribution in [0.3, 0.4) is 0 Å². The van der Waals surface area contributed by atoms with Gasteiger partial charge in [0.15, 0.2) is 5.58 Å². The first-order valence-corrected chi connectivity index (χ1v) is 8.92.